The summed E-state index contributed by atoms with van der Waals surface area (Å²) < 4.78 is 33.2. The number of nitrogens with one attached hydrogen (secondary N) is 1. The van der Waals surface area contributed by atoms with Gasteiger partial charge in [0.1, 0.15) is 5.75 Å². The Balaban J connectivity index is 1.82. The minimum absolute atomic E-state index is 0.0523. The molecule has 0 spiro atoms. The minimum atomic E-state index is -3.67. The average molecular weight is 473 g/mol. The van der Waals surface area contributed by atoms with Crippen molar-refractivity contribution in [2.75, 3.05) is 20.2 Å². The molecule has 2 aromatic rings. The summed E-state index contributed by atoms with van der Waals surface area (Å²) in [6.45, 7) is 11.5. The maximum atomic E-state index is 13.2. The summed E-state index contributed by atoms with van der Waals surface area (Å²) in [5.74, 6) is 0.491. The topological polar surface area (TPSA) is 75.7 Å². The molecule has 1 amide bonds. The minimum Gasteiger partial charge on any atom is -0.496 e. The highest BCUT2D eigenvalue weighted by atomic mass is 32.2. The molecular formula is C26H36N2O4S. The van der Waals surface area contributed by atoms with Crippen LogP contribution in [0.4, 0.5) is 0 Å². The Morgan fingerprint density at radius 1 is 1.09 bits per heavy atom. The number of carbonyl (C=O) groups is 1. The van der Waals surface area contributed by atoms with Crippen molar-refractivity contribution in [3.05, 3.63) is 59.2 Å². The van der Waals surface area contributed by atoms with Crippen molar-refractivity contribution in [2.24, 2.45) is 5.92 Å². The van der Waals surface area contributed by atoms with Gasteiger partial charge in [0, 0.05) is 13.1 Å². The Kier molecular flexibility index (Phi) is 7.54. The molecule has 0 aliphatic carbocycles. The number of amides is 1. The van der Waals surface area contributed by atoms with Crippen LogP contribution in [-0.4, -0.2) is 38.8 Å². The quantitative estimate of drug-likeness (QED) is 0.649. The molecule has 0 aromatic heterocycles. The fourth-order valence-electron chi connectivity index (χ4n) is 4.03. The predicted octanol–water partition coefficient (Wildman–Crippen LogP) is 4.90. The molecule has 1 fully saturated rings. The predicted molar refractivity (Wildman–Crippen MR) is 131 cm³/mol. The van der Waals surface area contributed by atoms with E-state index in [2.05, 4.69) is 45.1 Å². The van der Waals surface area contributed by atoms with Gasteiger partial charge in [-0.25, -0.2) is 8.42 Å². The molecular weight excluding hydrogens is 436 g/mol. The number of benzene rings is 2. The highest BCUT2D eigenvalue weighted by Gasteiger charge is 2.29. The van der Waals surface area contributed by atoms with Crippen molar-refractivity contribution < 1.29 is 17.9 Å². The van der Waals surface area contributed by atoms with Gasteiger partial charge < -0.3 is 10.1 Å². The number of ether oxygens (including phenoxy) is 1. The van der Waals surface area contributed by atoms with Gasteiger partial charge in [-0.1, -0.05) is 52.0 Å². The second-order valence-corrected chi connectivity index (χ2v) is 12.0. The van der Waals surface area contributed by atoms with E-state index < -0.39 is 10.0 Å². The van der Waals surface area contributed by atoms with Gasteiger partial charge in [0.15, 0.2) is 0 Å². The normalized spacial score (nSPS) is 16.9. The Labute approximate surface area is 198 Å². The van der Waals surface area contributed by atoms with Crippen LogP contribution in [0.25, 0.3) is 0 Å². The molecule has 1 saturated heterocycles. The van der Waals surface area contributed by atoms with Gasteiger partial charge in [-0.15, -0.1) is 0 Å². The SMILES string of the molecule is COc1ccc(S(=O)(=O)N2CCC(C)CC2)cc1C(=O)N[C@@H](C)c1ccc(C(C)(C)C)cc1. The van der Waals surface area contributed by atoms with Crippen molar-refractivity contribution in [2.45, 2.75) is 63.8 Å². The molecule has 0 bridgehead atoms. The van der Waals surface area contributed by atoms with E-state index in [9.17, 15) is 13.2 Å². The molecule has 1 N–H and O–H groups in total. The molecule has 1 atom stereocenters. The van der Waals surface area contributed by atoms with Crippen molar-refractivity contribution in [3.63, 3.8) is 0 Å². The van der Waals surface area contributed by atoms with E-state index in [-0.39, 0.29) is 27.8 Å². The van der Waals surface area contributed by atoms with Crippen molar-refractivity contribution in [1.82, 2.24) is 9.62 Å². The van der Waals surface area contributed by atoms with Gasteiger partial charge in [-0.3, -0.25) is 4.79 Å². The summed E-state index contributed by atoms with van der Waals surface area (Å²) in [5, 5.41) is 2.98. The van der Waals surface area contributed by atoms with E-state index in [0.29, 0.717) is 24.8 Å². The van der Waals surface area contributed by atoms with E-state index in [1.807, 2.05) is 19.1 Å². The first-order chi connectivity index (χ1) is 15.4. The third kappa shape index (κ3) is 5.76. The van der Waals surface area contributed by atoms with Gasteiger partial charge in [0.05, 0.1) is 23.6 Å². The molecule has 180 valence electrons. The van der Waals surface area contributed by atoms with E-state index in [1.165, 1.54) is 29.1 Å². The number of sulfonamides is 1. The maximum absolute atomic E-state index is 13.2. The lowest BCUT2D eigenvalue weighted by atomic mass is 9.86. The van der Waals surface area contributed by atoms with Gasteiger partial charge in [-0.05, 0) is 60.4 Å². The molecule has 1 aliphatic heterocycles. The lowest BCUT2D eigenvalue weighted by Gasteiger charge is -2.29. The maximum Gasteiger partial charge on any atom is 0.255 e. The number of hydrogen-bond acceptors (Lipinski definition) is 4. The van der Waals surface area contributed by atoms with Crippen molar-refractivity contribution in [1.29, 1.82) is 0 Å². The molecule has 7 heteroatoms. The van der Waals surface area contributed by atoms with Crippen LogP contribution in [0.15, 0.2) is 47.4 Å². The first kappa shape index (κ1) is 25.2. The average Bonchev–Trinajstić information content (AvgIpc) is 2.78. The second kappa shape index (κ2) is 9.85. The zero-order chi connectivity index (χ0) is 24.4. The van der Waals surface area contributed by atoms with Gasteiger partial charge in [0.2, 0.25) is 10.0 Å². The summed E-state index contributed by atoms with van der Waals surface area (Å²) in [4.78, 5) is 13.2. The highest BCUT2D eigenvalue weighted by Crippen LogP contribution is 2.28. The summed E-state index contributed by atoms with van der Waals surface area (Å²) in [6, 6.07) is 12.4. The Hall–Kier alpha value is -2.38. The molecule has 33 heavy (non-hydrogen) atoms. The highest BCUT2D eigenvalue weighted by molar-refractivity contribution is 7.89. The second-order valence-electron chi connectivity index (χ2n) is 10.0. The summed E-state index contributed by atoms with van der Waals surface area (Å²) in [6.07, 6.45) is 1.68. The molecule has 2 aromatic carbocycles. The molecule has 1 aliphatic rings. The monoisotopic (exact) mass is 472 g/mol. The van der Waals surface area contributed by atoms with Crippen LogP contribution in [-0.2, 0) is 15.4 Å². The molecule has 0 radical (unpaired) electrons. The van der Waals surface area contributed by atoms with E-state index in [1.54, 1.807) is 6.07 Å². The number of nitrogens with zero attached hydrogens (tertiary/aromatic N) is 1. The summed E-state index contributed by atoms with van der Waals surface area (Å²) >= 11 is 0. The van der Waals surface area contributed by atoms with Crippen LogP contribution in [0.5, 0.6) is 5.75 Å². The van der Waals surface area contributed by atoms with E-state index >= 15 is 0 Å². The Morgan fingerprint density at radius 2 is 1.70 bits per heavy atom. The Morgan fingerprint density at radius 3 is 2.24 bits per heavy atom. The lowest BCUT2D eigenvalue weighted by molar-refractivity contribution is 0.0936. The number of rotatable bonds is 6. The van der Waals surface area contributed by atoms with Crippen LogP contribution in [0, 0.1) is 5.92 Å². The van der Waals surface area contributed by atoms with Crippen LogP contribution < -0.4 is 10.1 Å². The lowest BCUT2D eigenvalue weighted by Crippen LogP contribution is -2.38. The van der Waals surface area contributed by atoms with Crippen LogP contribution in [0.3, 0.4) is 0 Å². The number of hydrogen-bond donors (Lipinski definition) is 1. The summed E-state index contributed by atoms with van der Waals surface area (Å²) in [5.41, 5.74) is 2.46. The van der Waals surface area contributed by atoms with Gasteiger partial charge in [-0.2, -0.15) is 4.31 Å². The number of piperidine rings is 1. The molecule has 0 unspecified atom stereocenters. The van der Waals surface area contributed by atoms with Crippen molar-refractivity contribution in [3.8, 4) is 5.75 Å². The van der Waals surface area contributed by atoms with Gasteiger partial charge >= 0.3 is 0 Å². The van der Waals surface area contributed by atoms with Crippen LogP contribution in [0.2, 0.25) is 0 Å². The molecule has 1 heterocycles. The molecule has 6 nitrogen and oxygen atoms in total. The number of carbonyl (C=O) groups excluding carboxylic acids is 1. The fourth-order valence-corrected chi connectivity index (χ4v) is 5.53. The zero-order valence-corrected chi connectivity index (χ0v) is 21.3. The first-order valence-corrected chi connectivity index (χ1v) is 13.0. The number of methoxy groups -OCH3 is 1. The van der Waals surface area contributed by atoms with E-state index in [4.69, 9.17) is 4.74 Å². The fraction of sp³-hybridized carbons (Fsp3) is 0.500. The zero-order valence-electron chi connectivity index (χ0n) is 20.5. The smallest absolute Gasteiger partial charge is 0.255 e. The Bertz CT molecular complexity index is 1080. The van der Waals surface area contributed by atoms with Crippen LogP contribution in [0.1, 0.15) is 75.0 Å². The largest absolute Gasteiger partial charge is 0.496 e. The van der Waals surface area contributed by atoms with Crippen molar-refractivity contribution >= 4 is 15.9 Å². The van der Waals surface area contributed by atoms with E-state index in [0.717, 1.165) is 18.4 Å². The third-order valence-corrected chi connectivity index (χ3v) is 8.31. The van der Waals surface area contributed by atoms with Gasteiger partial charge in [0.25, 0.3) is 5.91 Å². The summed E-state index contributed by atoms with van der Waals surface area (Å²) in [7, 11) is -2.19. The van der Waals surface area contributed by atoms with Crippen LogP contribution >= 0.6 is 0 Å². The third-order valence-electron chi connectivity index (χ3n) is 6.42. The molecule has 0 saturated carbocycles. The molecule has 3 rings (SSSR count). The first-order valence-electron chi connectivity index (χ1n) is 11.5. The standard InChI is InChI=1S/C26H36N2O4S/c1-18-13-15-28(16-14-18)33(30,31)22-11-12-24(32-6)23(17-22)25(29)27-19(2)20-7-9-21(10-8-20)26(3,4)5/h7-12,17-19H,13-16H2,1-6H3,(H,27,29)/t19-/m0/s1.